The van der Waals surface area contributed by atoms with Crippen LogP contribution < -0.4 is 5.32 Å². The normalized spacial score (nSPS) is 10.6. The van der Waals surface area contributed by atoms with Gasteiger partial charge in [0, 0.05) is 16.1 Å². The first-order valence-electron chi connectivity index (χ1n) is 6.60. The number of carbonyl (C=O) groups excluding carboxylic acids is 1. The molecule has 0 fully saturated rings. The minimum absolute atomic E-state index is 0.0879. The van der Waals surface area contributed by atoms with Gasteiger partial charge >= 0.3 is 0 Å². The van der Waals surface area contributed by atoms with E-state index in [4.69, 9.17) is 11.6 Å². The third-order valence-corrected chi connectivity index (χ3v) is 4.23. The Hall–Kier alpha value is -2.11. The Labute approximate surface area is 136 Å². The van der Waals surface area contributed by atoms with Crippen molar-refractivity contribution in [1.29, 1.82) is 0 Å². The number of thioether (sulfide) groups is 1. The van der Waals surface area contributed by atoms with Crippen LogP contribution in [0.1, 0.15) is 0 Å². The monoisotopic (exact) mass is 329 g/mol. The van der Waals surface area contributed by atoms with Gasteiger partial charge in [0.2, 0.25) is 5.91 Å². The molecule has 0 saturated heterocycles. The molecule has 0 spiro atoms. The number of hydrogen-bond acceptors (Lipinski definition) is 4. The van der Waals surface area contributed by atoms with E-state index >= 15 is 0 Å². The Balaban J connectivity index is 1.66. The van der Waals surface area contributed by atoms with Crippen LogP contribution in [0.25, 0.3) is 10.9 Å². The molecule has 6 heteroatoms. The SMILES string of the molecule is O=C(CSc1ncnc2ccccc12)Nc1ccc(Cl)cc1. The first-order chi connectivity index (χ1) is 10.7. The summed E-state index contributed by atoms with van der Waals surface area (Å²) in [6.07, 6.45) is 1.52. The second kappa shape index (κ2) is 6.77. The average Bonchev–Trinajstić information content (AvgIpc) is 2.55. The molecular weight excluding hydrogens is 318 g/mol. The summed E-state index contributed by atoms with van der Waals surface area (Å²) in [6.45, 7) is 0. The first kappa shape index (κ1) is 14.8. The second-order valence-corrected chi connectivity index (χ2v) is 5.94. The lowest BCUT2D eigenvalue weighted by atomic mass is 10.2. The van der Waals surface area contributed by atoms with Crippen LogP contribution in [0.4, 0.5) is 5.69 Å². The minimum atomic E-state index is -0.0879. The van der Waals surface area contributed by atoms with Gasteiger partial charge in [-0.25, -0.2) is 9.97 Å². The summed E-state index contributed by atoms with van der Waals surface area (Å²) in [5.74, 6) is 0.193. The summed E-state index contributed by atoms with van der Waals surface area (Å²) in [7, 11) is 0. The lowest BCUT2D eigenvalue weighted by Gasteiger charge is -2.06. The fourth-order valence-corrected chi connectivity index (χ4v) is 2.88. The zero-order valence-corrected chi connectivity index (χ0v) is 13.1. The molecule has 0 saturated carbocycles. The molecule has 0 radical (unpaired) electrons. The summed E-state index contributed by atoms with van der Waals surface area (Å²) in [4.78, 5) is 20.5. The number of halogens is 1. The smallest absolute Gasteiger partial charge is 0.234 e. The van der Waals surface area contributed by atoms with Crippen LogP contribution >= 0.6 is 23.4 Å². The maximum Gasteiger partial charge on any atom is 0.234 e. The summed E-state index contributed by atoms with van der Waals surface area (Å²) >= 11 is 7.21. The molecular formula is C16H12ClN3OS. The van der Waals surface area contributed by atoms with Crippen molar-refractivity contribution in [1.82, 2.24) is 9.97 Å². The lowest BCUT2D eigenvalue weighted by Crippen LogP contribution is -2.14. The molecule has 0 bridgehead atoms. The summed E-state index contributed by atoms with van der Waals surface area (Å²) < 4.78 is 0. The predicted molar refractivity (Wildman–Crippen MR) is 90.3 cm³/mol. The van der Waals surface area contributed by atoms with Gasteiger partial charge in [0.25, 0.3) is 0 Å². The highest BCUT2D eigenvalue weighted by molar-refractivity contribution is 8.00. The van der Waals surface area contributed by atoms with Crippen molar-refractivity contribution in [2.45, 2.75) is 5.03 Å². The molecule has 0 unspecified atom stereocenters. The van der Waals surface area contributed by atoms with Crippen LogP contribution in [-0.2, 0) is 4.79 Å². The van der Waals surface area contributed by atoms with Gasteiger partial charge in [-0.1, -0.05) is 41.6 Å². The van der Waals surface area contributed by atoms with E-state index in [1.165, 1.54) is 18.1 Å². The molecule has 0 aliphatic heterocycles. The number of amides is 1. The molecule has 1 heterocycles. The van der Waals surface area contributed by atoms with Gasteiger partial charge in [0.1, 0.15) is 11.4 Å². The van der Waals surface area contributed by atoms with Gasteiger partial charge in [-0.2, -0.15) is 0 Å². The summed E-state index contributed by atoms with van der Waals surface area (Å²) in [5.41, 5.74) is 1.60. The number of hydrogen-bond donors (Lipinski definition) is 1. The highest BCUT2D eigenvalue weighted by atomic mass is 35.5. The maximum atomic E-state index is 12.0. The van der Waals surface area contributed by atoms with Crippen LogP contribution in [-0.4, -0.2) is 21.6 Å². The molecule has 110 valence electrons. The van der Waals surface area contributed by atoms with Crippen molar-refractivity contribution in [2.24, 2.45) is 0 Å². The van der Waals surface area contributed by atoms with E-state index in [1.54, 1.807) is 24.3 Å². The molecule has 0 aliphatic rings. The fourth-order valence-electron chi connectivity index (χ4n) is 1.96. The first-order valence-corrected chi connectivity index (χ1v) is 7.97. The van der Waals surface area contributed by atoms with Gasteiger partial charge in [-0.15, -0.1) is 0 Å². The third-order valence-electron chi connectivity index (χ3n) is 2.97. The zero-order valence-electron chi connectivity index (χ0n) is 11.5. The molecule has 1 N–H and O–H groups in total. The van der Waals surface area contributed by atoms with Crippen molar-refractivity contribution in [3.8, 4) is 0 Å². The van der Waals surface area contributed by atoms with E-state index in [9.17, 15) is 4.79 Å². The van der Waals surface area contributed by atoms with Crippen LogP contribution in [0.15, 0.2) is 59.9 Å². The second-order valence-electron chi connectivity index (χ2n) is 4.54. The third kappa shape index (κ3) is 3.55. The van der Waals surface area contributed by atoms with Crippen molar-refractivity contribution >= 4 is 45.9 Å². The number of nitrogens with zero attached hydrogens (tertiary/aromatic N) is 2. The Kier molecular flexibility index (Phi) is 4.56. The van der Waals surface area contributed by atoms with Gasteiger partial charge in [-0.3, -0.25) is 4.79 Å². The Morgan fingerprint density at radius 3 is 2.68 bits per heavy atom. The van der Waals surface area contributed by atoms with E-state index in [0.717, 1.165) is 21.6 Å². The van der Waals surface area contributed by atoms with Crippen LogP contribution in [0.5, 0.6) is 0 Å². The fraction of sp³-hybridized carbons (Fsp3) is 0.0625. The van der Waals surface area contributed by atoms with Crippen molar-refractivity contribution in [3.05, 3.63) is 59.9 Å². The van der Waals surface area contributed by atoms with Crippen LogP contribution in [0.2, 0.25) is 5.02 Å². The molecule has 1 aromatic heterocycles. The number of rotatable bonds is 4. The van der Waals surface area contributed by atoms with Gasteiger partial charge in [0.05, 0.1) is 11.3 Å². The number of para-hydroxylation sites is 1. The zero-order chi connectivity index (χ0) is 15.4. The van der Waals surface area contributed by atoms with E-state index in [-0.39, 0.29) is 11.7 Å². The number of fused-ring (bicyclic) bond motifs is 1. The van der Waals surface area contributed by atoms with E-state index in [1.807, 2.05) is 24.3 Å². The lowest BCUT2D eigenvalue weighted by molar-refractivity contribution is -0.113. The van der Waals surface area contributed by atoms with Crippen molar-refractivity contribution in [2.75, 3.05) is 11.1 Å². The average molecular weight is 330 g/mol. The van der Waals surface area contributed by atoms with Gasteiger partial charge in [-0.05, 0) is 30.3 Å². The number of nitrogens with one attached hydrogen (secondary N) is 1. The molecule has 22 heavy (non-hydrogen) atoms. The predicted octanol–water partition coefficient (Wildman–Crippen LogP) is 4.01. The minimum Gasteiger partial charge on any atom is -0.325 e. The van der Waals surface area contributed by atoms with Crippen LogP contribution in [0, 0.1) is 0 Å². The number of aromatic nitrogens is 2. The molecule has 4 nitrogen and oxygen atoms in total. The van der Waals surface area contributed by atoms with E-state index in [0.29, 0.717) is 5.02 Å². The molecule has 1 amide bonds. The molecule has 0 aliphatic carbocycles. The molecule has 3 rings (SSSR count). The van der Waals surface area contributed by atoms with Crippen molar-refractivity contribution in [3.63, 3.8) is 0 Å². The molecule has 0 atom stereocenters. The van der Waals surface area contributed by atoms with Crippen molar-refractivity contribution < 1.29 is 4.79 Å². The molecule has 2 aromatic carbocycles. The Bertz CT molecular complexity index is 803. The summed E-state index contributed by atoms with van der Waals surface area (Å²) in [5, 5.41) is 5.22. The topological polar surface area (TPSA) is 54.9 Å². The summed E-state index contributed by atoms with van der Waals surface area (Å²) in [6, 6.07) is 14.8. The van der Waals surface area contributed by atoms with Crippen LogP contribution in [0.3, 0.4) is 0 Å². The Morgan fingerprint density at radius 1 is 1.09 bits per heavy atom. The maximum absolute atomic E-state index is 12.0. The number of anilines is 1. The van der Waals surface area contributed by atoms with Gasteiger partial charge in [0.15, 0.2) is 0 Å². The largest absolute Gasteiger partial charge is 0.325 e. The number of carbonyl (C=O) groups is 1. The number of benzene rings is 2. The Morgan fingerprint density at radius 2 is 1.86 bits per heavy atom. The van der Waals surface area contributed by atoms with E-state index < -0.39 is 0 Å². The molecule has 3 aromatic rings. The highest BCUT2D eigenvalue weighted by Crippen LogP contribution is 2.24. The highest BCUT2D eigenvalue weighted by Gasteiger charge is 2.08. The standard InChI is InChI=1S/C16H12ClN3OS/c17-11-5-7-12(8-6-11)20-15(21)9-22-16-13-3-1-2-4-14(13)18-10-19-16/h1-8,10H,9H2,(H,20,21). The quantitative estimate of drug-likeness (QED) is 0.580. The van der Waals surface area contributed by atoms with E-state index in [2.05, 4.69) is 15.3 Å². The van der Waals surface area contributed by atoms with Gasteiger partial charge < -0.3 is 5.32 Å².